The Labute approximate surface area is 222 Å². The van der Waals surface area contributed by atoms with E-state index in [1.807, 2.05) is 45.0 Å². The number of imidazole rings is 1. The highest BCUT2D eigenvalue weighted by atomic mass is 16.6. The van der Waals surface area contributed by atoms with Gasteiger partial charge < -0.3 is 24.3 Å². The van der Waals surface area contributed by atoms with Crippen molar-refractivity contribution in [3.05, 3.63) is 72.3 Å². The number of H-pyrrole nitrogens is 2. The van der Waals surface area contributed by atoms with E-state index >= 15 is 0 Å². The Morgan fingerprint density at radius 2 is 1.66 bits per heavy atom. The first-order chi connectivity index (χ1) is 18.1. The van der Waals surface area contributed by atoms with Gasteiger partial charge in [-0.15, -0.1) is 0 Å². The van der Waals surface area contributed by atoms with Crippen LogP contribution in [0, 0.1) is 0 Å². The van der Waals surface area contributed by atoms with E-state index in [0.717, 1.165) is 63.3 Å². The topological polar surface area (TPSA) is 83.2 Å². The van der Waals surface area contributed by atoms with E-state index in [-0.39, 0.29) is 5.97 Å². The molecule has 0 bridgehead atoms. The zero-order valence-corrected chi connectivity index (χ0v) is 22.6. The lowest BCUT2D eigenvalue weighted by atomic mass is 10.1. The van der Waals surface area contributed by atoms with Gasteiger partial charge >= 0.3 is 5.97 Å². The lowest BCUT2D eigenvalue weighted by Gasteiger charge is -2.19. The first-order valence-electron chi connectivity index (χ1n) is 12.9. The molecule has 5 rings (SSSR count). The van der Waals surface area contributed by atoms with Crippen LogP contribution in [0.5, 0.6) is 5.75 Å². The van der Waals surface area contributed by atoms with Crippen molar-refractivity contribution in [3.63, 3.8) is 0 Å². The number of carbonyl (C=O) groups excluding carboxylic acids is 1. The number of ether oxygens (including phenoxy) is 2. The number of rotatable bonds is 8. The van der Waals surface area contributed by atoms with Gasteiger partial charge in [0.25, 0.3) is 0 Å². The third-order valence-corrected chi connectivity index (χ3v) is 6.20. The van der Waals surface area contributed by atoms with Crippen LogP contribution in [0.25, 0.3) is 44.6 Å². The molecule has 0 aliphatic heterocycles. The van der Waals surface area contributed by atoms with Crippen molar-refractivity contribution in [1.29, 1.82) is 0 Å². The van der Waals surface area contributed by atoms with Gasteiger partial charge in [0.05, 0.1) is 23.2 Å². The summed E-state index contributed by atoms with van der Waals surface area (Å²) in [5, 5.41) is 1.14. The molecular weight excluding hydrogens is 476 g/mol. The molecule has 2 N–H and O–H groups in total. The van der Waals surface area contributed by atoms with Gasteiger partial charge in [-0.1, -0.05) is 24.3 Å². The molecule has 0 aliphatic rings. The monoisotopic (exact) mass is 510 g/mol. The molecule has 0 saturated carbocycles. The molecule has 0 fully saturated rings. The summed E-state index contributed by atoms with van der Waals surface area (Å²) in [5.41, 5.74) is 5.69. The fraction of sp³-hybridized carbons (Fsp3) is 0.290. The first kappa shape index (κ1) is 25.5. The number of nitrogens with one attached hydrogen (secondary N) is 2. The Balaban J connectivity index is 1.31. The number of esters is 1. The van der Waals surface area contributed by atoms with Gasteiger partial charge in [0.1, 0.15) is 17.2 Å². The normalized spacial score (nSPS) is 11.9. The molecule has 0 amide bonds. The summed E-state index contributed by atoms with van der Waals surface area (Å²) in [6.07, 6.45) is 0.990. The molecule has 7 heteroatoms. The van der Waals surface area contributed by atoms with Crippen LogP contribution in [0.15, 0.2) is 66.7 Å². The number of benzene rings is 3. The van der Waals surface area contributed by atoms with Gasteiger partial charge in [-0.05, 0) is 83.2 Å². The minimum Gasteiger partial charge on any atom is -0.493 e. The highest BCUT2D eigenvalue weighted by Crippen LogP contribution is 2.29. The molecule has 0 aliphatic carbocycles. The van der Waals surface area contributed by atoms with E-state index in [1.54, 1.807) is 12.1 Å². The molecule has 196 valence electrons. The minimum atomic E-state index is -0.542. The van der Waals surface area contributed by atoms with E-state index in [1.165, 1.54) is 0 Å². The van der Waals surface area contributed by atoms with Gasteiger partial charge in [0.15, 0.2) is 0 Å². The Morgan fingerprint density at radius 1 is 0.895 bits per heavy atom. The van der Waals surface area contributed by atoms with Crippen molar-refractivity contribution in [3.8, 4) is 28.4 Å². The minimum absolute atomic E-state index is 0.346. The lowest BCUT2D eigenvalue weighted by Crippen LogP contribution is -2.23. The van der Waals surface area contributed by atoms with E-state index in [4.69, 9.17) is 14.5 Å². The summed E-state index contributed by atoms with van der Waals surface area (Å²) in [6.45, 7) is 7.28. The van der Waals surface area contributed by atoms with Gasteiger partial charge in [-0.25, -0.2) is 9.78 Å². The Hall–Kier alpha value is -4.10. The van der Waals surface area contributed by atoms with E-state index in [9.17, 15) is 4.79 Å². The molecule has 0 unspecified atom stereocenters. The molecule has 5 aromatic rings. The van der Waals surface area contributed by atoms with Crippen LogP contribution >= 0.6 is 0 Å². The predicted octanol–water partition coefficient (Wildman–Crippen LogP) is 6.66. The third-order valence-electron chi connectivity index (χ3n) is 6.20. The standard InChI is InChI=1S/C31H34N4O3/c1-31(2,3)38-30(36)23-12-14-25-28(18-23)34-29(33-25)21-9-7-20(8-10-21)26-17-22-11-13-24(19-27(22)32-26)37-16-6-15-35(4)5/h7-14,17-19,32H,6,15-16H2,1-5H3,(H,33,34). The molecule has 7 nitrogen and oxygen atoms in total. The second kappa shape index (κ2) is 10.3. The summed E-state index contributed by atoms with van der Waals surface area (Å²) >= 11 is 0. The Bertz CT molecular complexity index is 1570. The molecule has 0 spiro atoms. The zero-order valence-electron chi connectivity index (χ0n) is 22.6. The average molecular weight is 511 g/mol. The SMILES string of the molecule is CN(C)CCCOc1ccc2cc(-c3ccc(-c4nc5ccc(C(=O)OC(C)(C)C)cc5[nH]4)cc3)[nH]c2c1. The molecule has 3 aromatic carbocycles. The quantitative estimate of drug-likeness (QED) is 0.180. The average Bonchev–Trinajstić information content (AvgIpc) is 3.49. The Kier molecular flexibility index (Phi) is 6.95. The van der Waals surface area contributed by atoms with Crippen molar-refractivity contribution < 1.29 is 14.3 Å². The zero-order chi connectivity index (χ0) is 26.9. The molecule has 2 heterocycles. The fourth-order valence-corrected chi connectivity index (χ4v) is 4.34. The van der Waals surface area contributed by atoms with Gasteiger partial charge in [-0.2, -0.15) is 0 Å². The van der Waals surface area contributed by atoms with Crippen molar-refractivity contribution in [1.82, 2.24) is 19.9 Å². The highest BCUT2D eigenvalue weighted by molar-refractivity contribution is 5.94. The summed E-state index contributed by atoms with van der Waals surface area (Å²) < 4.78 is 11.4. The number of nitrogens with zero attached hydrogens (tertiary/aromatic N) is 2. The van der Waals surface area contributed by atoms with Gasteiger partial charge in [0.2, 0.25) is 0 Å². The third kappa shape index (κ3) is 5.89. The summed E-state index contributed by atoms with van der Waals surface area (Å²) in [5.74, 6) is 1.28. The molecule has 0 radical (unpaired) electrons. The molecular formula is C31H34N4O3. The summed E-state index contributed by atoms with van der Waals surface area (Å²) in [6, 6.07) is 22.0. The van der Waals surface area contributed by atoms with Crippen LogP contribution in [0.3, 0.4) is 0 Å². The van der Waals surface area contributed by atoms with Crippen LogP contribution in [-0.4, -0.2) is 58.7 Å². The van der Waals surface area contributed by atoms with Gasteiger partial charge in [0, 0.05) is 34.8 Å². The van der Waals surface area contributed by atoms with E-state index in [0.29, 0.717) is 12.2 Å². The Morgan fingerprint density at radius 3 is 2.39 bits per heavy atom. The smallest absolute Gasteiger partial charge is 0.338 e. The number of carbonyl (C=O) groups is 1. The van der Waals surface area contributed by atoms with Gasteiger partial charge in [-0.3, -0.25) is 0 Å². The maximum Gasteiger partial charge on any atom is 0.338 e. The number of aromatic amines is 2. The van der Waals surface area contributed by atoms with Crippen LogP contribution in [-0.2, 0) is 4.74 Å². The maximum atomic E-state index is 12.4. The van der Waals surface area contributed by atoms with Crippen molar-refractivity contribution in [2.24, 2.45) is 0 Å². The number of aromatic nitrogens is 3. The largest absolute Gasteiger partial charge is 0.493 e. The number of fused-ring (bicyclic) bond motifs is 2. The predicted molar refractivity (Wildman–Crippen MR) is 153 cm³/mol. The molecule has 2 aromatic heterocycles. The summed E-state index contributed by atoms with van der Waals surface area (Å²) in [7, 11) is 4.14. The molecule has 0 atom stereocenters. The second-order valence-corrected chi connectivity index (χ2v) is 10.8. The lowest BCUT2D eigenvalue weighted by molar-refractivity contribution is 0.00696. The first-order valence-corrected chi connectivity index (χ1v) is 12.9. The molecule has 0 saturated heterocycles. The van der Waals surface area contributed by atoms with Crippen LogP contribution in [0.2, 0.25) is 0 Å². The van der Waals surface area contributed by atoms with Crippen LogP contribution in [0.4, 0.5) is 0 Å². The van der Waals surface area contributed by atoms with Crippen molar-refractivity contribution >= 4 is 27.9 Å². The fourth-order valence-electron chi connectivity index (χ4n) is 4.34. The van der Waals surface area contributed by atoms with Crippen LogP contribution in [0.1, 0.15) is 37.6 Å². The highest BCUT2D eigenvalue weighted by Gasteiger charge is 2.18. The molecule has 38 heavy (non-hydrogen) atoms. The second-order valence-electron chi connectivity index (χ2n) is 10.8. The van der Waals surface area contributed by atoms with E-state index in [2.05, 4.69) is 59.3 Å². The van der Waals surface area contributed by atoms with E-state index < -0.39 is 5.60 Å². The maximum absolute atomic E-state index is 12.4. The number of hydrogen-bond donors (Lipinski definition) is 2. The summed E-state index contributed by atoms with van der Waals surface area (Å²) in [4.78, 5) is 26.2. The van der Waals surface area contributed by atoms with Crippen molar-refractivity contribution in [2.45, 2.75) is 32.8 Å². The van der Waals surface area contributed by atoms with Crippen LogP contribution < -0.4 is 4.74 Å². The number of hydrogen-bond acceptors (Lipinski definition) is 5. The van der Waals surface area contributed by atoms with Crippen molar-refractivity contribution in [2.75, 3.05) is 27.2 Å².